The molecule has 5 rings (SSSR count). The number of benzene rings is 3. The molecule has 0 amide bonds. The summed E-state index contributed by atoms with van der Waals surface area (Å²) >= 11 is 1.83. The Hall–Kier alpha value is -2.83. The highest BCUT2D eigenvalue weighted by atomic mass is 32.2. The van der Waals surface area contributed by atoms with Crippen LogP contribution in [-0.4, -0.2) is 25.7 Å². The van der Waals surface area contributed by atoms with E-state index in [1.165, 1.54) is 10.5 Å². The molecule has 0 aliphatic carbocycles. The lowest BCUT2D eigenvalue weighted by Crippen LogP contribution is -2.25. The third-order valence-electron chi connectivity index (χ3n) is 5.53. The van der Waals surface area contributed by atoms with E-state index < -0.39 is 9.84 Å². The van der Waals surface area contributed by atoms with Crippen molar-refractivity contribution < 1.29 is 8.42 Å². The first-order valence-electron chi connectivity index (χ1n) is 10.2. The van der Waals surface area contributed by atoms with Crippen LogP contribution in [0.3, 0.4) is 0 Å². The number of aromatic nitrogens is 1. The van der Waals surface area contributed by atoms with Crippen molar-refractivity contribution in [1.29, 1.82) is 0 Å². The number of anilines is 1. The van der Waals surface area contributed by atoms with Gasteiger partial charge < -0.3 is 4.90 Å². The lowest BCUT2D eigenvalue weighted by molar-refractivity contribution is 0.597. The second-order valence-corrected chi connectivity index (χ2v) is 10.7. The molecule has 31 heavy (non-hydrogen) atoms. The number of nitrogens with zero attached hydrogens (tertiary/aromatic N) is 2. The molecule has 0 atom stereocenters. The van der Waals surface area contributed by atoms with E-state index in [0.717, 1.165) is 17.9 Å². The Morgan fingerprint density at radius 2 is 1.71 bits per heavy atom. The minimum absolute atomic E-state index is 0.298. The summed E-state index contributed by atoms with van der Waals surface area (Å²) in [6.45, 7) is 3.47. The normalized spacial score (nSPS) is 14.3. The van der Waals surface area contributed by atoms with Crippen LogP contribution in [0.25, 0.3) is 10.9 Å². The molecule has 1 aliphatic rings. The molecule has 0 N–H and O–H groups in total. The minimum Gasteiger partial charge on any atom is -0.351 e. The third kappa shape index (κ3) is 3.82. The molecular formula is C25H22N2O2S2. The Bertz CT molecular complexity index is 1370. The van der Waals surface area contributed by atoms with Crippen molar-refractivity contribution in [3.05, 3.63) is 90.0 Å². The molecule has 0 fully saturated rings. The number of hydrogen-bond acceptors (Lipinski definition) is 5. The molecule has 1 aliphatic heterocycles. The maximum absolute atomic E-state index is 13.6. The standard InChI is InChI=1S/C25H22N2O2S2/c1-18-11-12-22-21(15-18)24(31(28,29)20-8-3-2-4-9-20)16-25(26-22)27-13-14-30-23-10-6-5-7-19(23)17-27/h2-12,15-16H,13-14,17H2,1H3. The predicted molar refractivity (Wildman–Crippen MR) is 127 cm³/mol. The quantitative estimate of drug-likeness (QED) is 0.417. The maximum Gasteiger partial charge on any atom is 0.207 e. The largest absolute Gasteiger partial charge is 0.351 e. The number of sulfone groups is 1. The van der Waals surface area contributed by atoms with Gasteiger partial charge in [-0.3, -0.25) is 0 Å². The van der Waals surface area contributed by atoms with Crippen LogP contribution in [0.4, 0.5) is 5.82 Å². The number of rotatable bonds is 3. The second kappa shape index (κ2) is 8.02. The molecule has 0 unspecified atom stereocenters. The van der Waals surface area contributed by atoms with Gasteiger partial charge in [0.1, 0.15) is 5.82 Å². The topological polar surface area (TPSA) is 50.3 Å². The molecule has 4 aromatic rings. The van der Waals surface area contributed by atoms with Crippen molar-refractivity contribution >= 4 is 38.3 Å². The van der Waals surface area contributed by atoms with Crippen LogP contribution < -0.4 is 4.90 Å². The van der Waals surface area contributed by atoms with Gasteiger partial charge in [-0.2, -0.15) is 0 Å². The van der Waals surface area contributed by atoms with Gasteiger partial charge in [0.25, 0.3) is 0 Å². The number of aryl methyl sites for hydroxylation is 1. The second-order valence-electron chi connectivity index (χ2n) is 7.69. The fourth-order valence-corrected chi connectivity index (χ4v) is 6.43. The first-order valence-corrected chi connectivity index (χ1v) is 12.7. The minimum atomic E-state index is -3.69. The average molecular weight is 447 g/mol. The van der Waals surface area contributed by atoms with Crippen molar-refractivity contribution in [2.24, 2.45) is 0 Å². The summed E-state index contributed by atoms with van der Waals surface area (Å²) in [6.07, 6.45) is 0. The zero-order valence-electron chi connectivity index (χ0n) is 17.2. The van der Waals surface area contributed by atoms with E-state index in [1.807, 2.05) is 49.0 Å². The van der Waals surface area contributed by atoms with Gasteiger partial charge >= 0.3 is 0 Å². The van der Waals surface area contributed by atoms with Crippen molar-refractivity contribution in [3.8, 4) is 0 Å². The van der Waals surface area contributed by atoms with E-state index in [2.05, 4.69) is 23.1 Å². The predicted octanol–water partition coefficient (Wildman–Crippen LogP) is 5.49. The van der Waals surface area contributed by atoms with Gasteiger partial charge in [0, 0.05) is 35.2 Å². The monoisotopic (exact) mass is 446 g/mol. The SMILES string of the molecule is Cc1ccc2nc(N3CCSc4ccccc4C3)cc(S(=O)(=O)c3ccccc3)c2c1. The fraction of sp³-hybridized carbons (Fsp3) is 0.160. The van der Waals surface area contributed by atoms with E-state index in [4.69, 9.17) is 4.98 Å². The highest BCUT2D eigenvalue weighted by Crippen LogP contribution is 2.34. The Morgan fingerprint density at radius 3 is 2.55 bits per heavy atom. The van der Waals surface area contributed by atoms with Crippen molar-refractivity contribution in [3.63, 3.8) is 0 Å². The number of hydrogen-bond donors (Lipinski definition) is 0. The average Bonchev–Trinajstić information content (AvgIpc) is 3.01. The van der Waals surface area contributed by atoms with Gasteiger partial charge in [0.2, 0.25) is 9.84 Å². The summed E-state index contributed by atoms with van der Waals surface area (Å²) in [4.78, 5) is 8.94. The molecule has 156 valence electrons. The van der Waals surface area contributed by atoms with Crippen molar-refractivity contribution in [2.75, 3.05) is 17.2 Å². The zero-order chi connectivity index (χ0) is 21.4. The van der Waals surface area contributed by atoms with Crippen molar-refractivity contribution in [1.82, 2.24) is 4.98 Å². The highest BCUT2D eigenvalue weighted by molar-refractivity contribution is 7.99. The Balaban J connectivity index is 1.68. The lowest BCUT2D eigenvalue weighted by atomic mass is 10.1. The van der Waals surface area contributed by atoms with E-state index in [9.17, 15) is 8.42 Å². The molecule has 0 spiro atoms. The summed E-state index contributed by atoms with van der Waals surface area (Å²) in [5, 5.41) is 0.664. The third-order valence-corrected chi connectivity index (χ3v) is 8.44. The fourth-order valence-electron chi connectivity index (χ4n) is 3.93. The van der Waals surface area contributed by atoms with Crippen LogP contribution in [0, 0.1) is 6.92 Å². The molecule has 0 bridgehead atoms. The van der Waals surface area contributed by atoms with Gasteiger partial charge in [0.05, 0.1) is 15.3 Å². The summed E-state index contributed by atoms with van der Waals surface area (Å²) in [7, 11) is -3.69. The van der Waals surface area contributed by atoms with Gasteiger partial charge in [-0.15, -0.1) is 11.8 Å². The summed E-state index contributed by atoms with van der Waals surface area (Å²) < 4.78 is 27.2. The van der Waals surface area contributed by atoms with Gasteiger partial charge in [-0.25, -0.2) is 13.4 Å². The van der Waals surface area contributed by atoms with Crippen LogP contribution in [0.5, 0.6) is 0 Å². The number of thioether (sulfide) groups is 1. The van der Waals surface area contributed by atoms with Crippen LogP contribution in [-0.2, 0) is 16.4 Å². The molecule has 0 saturated heterocycles. The van der Waals surface area contributed by atoms with E-state index >= 15 is 0 Å². The van der Waals surface area contributed by atoms with Gasteiger partial charge in [-0.1, -0.05) is 48.0 Å². The van der Waals surface area contributed by atoms with Crippen LogP contribution in [0.15, 0.2) is 93.5 Å². The Kier molecular flexibility index (Phi) is 5.20. The molecule has 6 heteroatoms. The first kappa shape index (κ1) is 20.1. The number of fused-ring (bicyclic) bond motifs is 2. The first-order chi connectivity index (χ1) is 15.0. The van der Waals surface area contributed by atoms with Crippen LogP contribution in [0.2, 0.25) is 0 Å². The van der Waals surface area contributed by atoms with E-state index in [0.29, 0.717) is 33.1 Å². The molecular weight excluding hydrogens is 424 g/mol. The number of pyridine rings is 1. The van der Waals surface area contributed by atoms with E-state index in [1.54, 1.807) is 30.3 Å². The molecule has 3 aromatic carbocycles. The van der Waals surface area contributed by atoms with E-state index in [-0.39, 0.29) is 0 Å². The molecule has 0 saturated carbocycles. The van der Waals surface area contributed by atoms with Crippen molar-refractivity contribution in [2.45, 2.75) is 28.2 Å². The molecule has 4 nitrogen and oxygen atoms in total. The lowest BCUT2D eigenvalue weighted by Gasteiger charge is -2.23. The smallest absolute Gasteiger partial charge is 0.207 e. The Morgan fingerprint density at radius 1 is 0.935 bits per heavy atom. The summed E-state index contributed by atoms with van der Waals surface area (Å²) in [6, 6.07) is 24.6. The van der Waals surface area contributed by atoms with Gasteiger partial charge in [0.15, 0.2) is 0 Å². The molecule has 1 aromatic heterocycles. The highest BCUT2D eigenvalue weighted by Gasteiger charge is 2.24. The molecule has 0 radical (unpaired) electrons. The molecule has 2 heterocycles. The van der Waals surface area contributed by atoms with Gasteiger partial charge in [-0.05, 0) is 42.8 Å². The Labute approximate surface area is 186 Å². The zero-order valence-corrected chi connectivity index (χ0v) is 18.8. The summed E-state index contributed by atoms with van der Waals surface area (Å²) in [5.41, 5.74) is 2.94. The maximum atomic E-state index is 13.6. The summed E-state index contributed by atoms with van der Waals surface area (Å²) in [5.74, 6) is 1.62. The van der Waals surface area contributed by atoms with Crippen LogP contribution in [0.1, 0.15) is 11.1 Å². The van der Waals surface area contributed by atoms with Crippen LogP contribution >= 0.6 is 11.8 Å².